The summed E-state index contributed by atoms with van der Waals surface area (Å²) in [5.41, 5.74) is -0.308. The van der Waals surface area contributed by atoms with Crippen molar-refractivity contribution >= 4 is 12.0 Å². The topological polar surface area (TPSA) is 87.7 Å². The smallest absolute Gasteiger partial charge is 0.315 e. The molecular formula is C15H28N2O4. The summed E-state index contributed by atoms with van der Waals surface area (Å²) in [6.45, 7) is 7.24. The molecule has 1 aliphatic rings. The fraction of sp³-hybridized carbons (Fsp3) is 0.867. The normalized spacial score (nSPS) is 26.3. The Morgan fingerprint density at radius 3 is 2.67 bits per heavy atom. The van der Waals surface area contributed by atoms with Crippen LogP contribution in [0.2, 0.25) is 0 Å². The Morgan fingerprint density at radius 1 is 1.43 bits per heavy atom. The number of carbonyl (C=O) groups excluding carboxylic acids is 1. The van der Waals surface area contributed by atoms with Gasteiger partial charge in [0.1, 0.15) is 0 Å². The van der Waals surface area contributed by atoms with E-state index in [0.29, 0.717) is 25.5 Å². The molecule has 0 bridgehead atoms. The van der Waals surface area contributed by atoms with Crippen LogP contribution in [0.4, 0.5) is 4.79 Å². The zero-order valence-corrected chi connectivity index (χ0v) is 13.3. The molecule has 1 heterocycles. The number of aliphatic carboxylic acids is 1. The number of carbonyl (C=O) groups is 2. The third-order valence-corrected chi connectivity index (χ3v) is 4.47. The predicted molar refractivity (Wildman–Crippen MR) is 80.2 cm³/mol. The van der Waals surface area contributed by atoms with Crippen molar-refractivity contribution in [3.8, 4) is 0 Å². The molecule has 0 aromatic heterocycles. The molecule has 1 aliphatic heterocycles. The summed E-state index contributed by atoms with van der Waals surface area (Å²) in [5, 5.41) is 14.5. The van der Waals surface area contributed by atoms with Crippen molar-refractivity contribution in [2.24, 2.45) is 5.92 Å². The number of urea groups is 1. The Kier molecular flexibility index (Phi) is 6.95. The lowest BCUT2D eigenvalue weighted by atomic mass is 9.95. The van der Waals surface area contributed by atoms with E-state index in [2.05, 4.69) is 10.6 Å². The standard InChI is InChI=1S/C15H28N2O4/c1-4-12(5-6-13(18)19)7-9-16-14(20)17-15(3)8-10-21-11(15)2/h11-12H,4-10H2,1-3H3,(H,18,19)(H2,16,17,20). The molecule has 3 N–H and O–H groups in total. The minimum absolute atomic E-state index is 0.0159. The Hall–Kier alpha value is -1.30. The highest BCUT2D eigenvalue weighted by atomic mass is 16.5. The van der Waals surface area contributed by atoms with Gasteiger partial charge in [0.05, 0.1) is 11.6 Å². The van der Waals surface area contributed by atoms with Gasteiger partial charge in [-0.05, 0) is 39.0 Å². The van der Waals surface area contributed by atoms with Crippen LogP contribution in [0.5, 0.6) is 0 Å². The summed E-state index contributed by atoms with van der Waals surface area (Å²) in [7, 11) is 0. The molecule has 3 unspecified atom stereocenters. The molecule has 2 amide bonds. The highest BCUT2D eigenvalue weighted by Gasteiger charge is 2.38. The first-order valence-corrected chi connectivity index (χ1v) is 7.76. The fourth-order valence-electron chi connectivity index (χ4n) is 2.57. The van der Waals surface area contributed by atoms with Gasteiger partial charge in [0.15, 0.2) is 0 Å². The van der Waals surface area contributed by atoms with Crippen LogP contribution >= 0.6 is 0 Å². The first kappa shape index (κ1) is 17.8. The van der Waals surface area contributed by atoms with E-state index in [0.717, 1.165) is 19.3 Å². The average molecular weight is 300 g/mol. The molecule has 1 saturated heterocycles. The number of amides is 2. The van der Waals surface area contributed by atoms with Crippen molar-refractivity contribution in [2.75, 3.05) is 13.2 Å². The molecule has 0 spiro atoms. The number of rotatable bonds is 8. The second kappa shape index (κ2) is 8.22. The number of carboxylic acid groups (broad SMARTS) is 1. The highest BCUT2D eigenvalue weighted by Crippen LogP contribution is 2.24. The van der Waals surface area contributed by atoms with Gasteiger partial charge in [-0.1, -0.05) is 13.3 Å². The van der Waals surface area contributed by atoms with Crippen LogP contribution in [0, 0.1) is 5.92 Å². The van der Waals surface area contributed by atoms with E-state index >= 15 is 0 Å². The highest BCUT2D eigenvalue weighted by molar-refractivity contribution is 5.74. The number of nitrogens with one attached hydrogen (secondary N) is 2. The van der Waals surface area contributed by atoms with E-state index in [1.54, 1.807) is 0 Å². The lowest BCUT2D eigenvalue weighted by molar-refractivity contribution is -0.137. The summed E-state index contributed by atoms with van der Waals surface area (Å²) in [6.07, 6.45) is 3.42. The maximum Gasteiger partial charge on any atom is 0.315 e. The Bertz CT molecular complexity index is 362. The minimum Gasteiger partial charge on any atom is -0.481 e. The van der Waals surface area contributed by atoms with Crippen LogP contribution in [0.3, 0.4) is 0 Å². The molecule has 6 nitrogen and oxygen atoms in total. The Morgan fingerprint density at radius 2 is 2.14 bits per heavy atom. The third-order valence-electron chi connectivity index (χ3n) is 4.47. The largest absolute Gasteiger partial charge is 0.481 e. The van der Waals surface area contributed by atoms with Gasteiger partial charge in [0.2, 0.25) is 0 Å². The molecule has 1 fully saturated rings. The number of carboxylic acids is 1. The van der Waals surface area contributed by atoms with Crippen LogP contribution in [-0.4, -0.2) is 41.9 Å². The van der Waals surface area contributed by atoms with Gasteiger partial charge in [-0.25, -0.2) is 4.79 Å². The van der Waals surface area contributed by atoms with Gasteiger partial charge in [0.25, 0.3) is 0 Å². The molecule has 0 aromatic rings. The first-order chi connectivity index (χ1) is 9.87. The van der Waals surface area contributed by atoms with Crippen LogP contribution in [0.1, 0.15) is 52.9 Å². The van der Waals surface area contributed by atoms with Crippen molar-refractivity contribution < 1.29 is 19.4 Å². The maximum atomic E-state index is 11.9. The van der Waals surface area contributed by atoms with Crippen molar-refractivity contribution in [1.82, 2.24) is 10.6 Å². The lowest BCUT2D eigenvalue weighted by Gasteiger charge is -2.29. The van der Waals surface area contributed by atoms with E-state index in [9.17, 15) is 9.59 Å². The number of hydrogen-bond donors (Lipinski definition) is 3. The van der Waals surface area contributed by atoms with Crippen molar-refractivity contribution in [3.63, 3.8) is 0 Å². The first-order valence-electron chi connectivity index (χ1n) is 7.76. The van der Waals surface area contributed by atoms with E-state index in [1.807, 2.05) is 20.8 Å². The summed E-state index contributed by atoms with van der Waals surface area (Å²) < 4.78 is 5.49. The predicted octanol–water partition coefficient (Wildman–Crippen LogP) is 2.13. The number of hydrogen-bond acceptors (Lipinski definition) is 3. The van der Waals surface area contributed by atoms with Crippen LogP contribution in [0.15, 0.2) is 0 Å². The van der Waals surface area contributed by atoms with Gasteiger partial charge in [-0.2, -0.15) is 0 Å². The molecule has 1 rings (SSSR count). The summed E-state index contributed by atoms with van der Waals surface area (Å²) in [6, 6.07) is -0.178. The van der Waals surface area contributed by atoms with E-state index < -0.39 is 5.97 Å². The lowest BCUT2D eigenvalue weighted by Crippen LogP contribution is -2.54. The zero-order chi connectivity index (χ0) is 15.9. The van der Waals surface area contributed by atoms with E-state index in [4.69, 9.17) is 9.84 Å². The molecule has 0 aromatic carbocycles. The third kappa shape index (κ3) is 5.91. The molecule has 21 heavy (non-hydrogen) atoms. The van der Waals surface area contributed by atoms with Gasteiger partial charge < -0.3 is 20.5 Å². The summed E-state index contributed by atoms with van der Waals surface area (Å²) >= 11 is 0. The van der Waals surface area contributed by atoms with Crippen molar-refractivity contribution in [1.29, 1.82) is 0 Å². The quantitative estimate of drug-likeness (QED) is 0.641. The number of ether oxygens (including phenoxy) is 1. The zero-order valence-electron chi connectivity index (χ0n) is 13.3. The SMILES string of the molecule is CCC(CCNC(=O)NC1(C)CCOC1C)CCC(=O)O. The van der Waals surface area contributed by atoms with Crippen LogP contribution < -0.4 is 10.6 Å². The van der Waals surface area contributed by atoms with Gasteiger partial charge >= 0.3 is 12.0 Å². The van der Waals surface area contributed by atoms with Gasteiger partial charge in [0, 0.05) is 19.6 Å². The van der Waals surface area contributed by atoms with Gasteiger partial charge in [-0.15, -0.1) is 0 Å². The van der Waals surface area contributed by atoms with E-state index in [-0.39, 0.29) is 24.1 Å². The van der Waals surface area contributed by atoms with Crippen molar-refractivity contribution in [3.05, 3.63) is 0 Å². The Labute approximate surface area is 126 Å². The second-order valence-electron chi connectivity index (χ2n) is 6.06. The second-order valence-corrected chi connectivity index (χ2v) is 6.06. The minimum atomic E-state index is -0.762. The molecule has 3 atom stereocenters. The van der Waals surface area contributed by atoms with E-state index in [1.165, 1.54) is 0 Å². The Balaban J connectivity index is 2.24. The average Bonchev–Trinajstić information content (AvgIpc) is 2.73. The summed E-state index contributed by atoms with van der Waals surface area (Å²) in [4.78, 5) is 22.5. The monoisotopic (exact) mass is 300 g/mol. The fourth-order valence-corrected chi connectivity index (χ4v) is 2.57. The van der Waals surface area contributed by atoms with Crippen molar-refractivity contribution in [2.45, 2.75) is 64.5 Å². The summed E-state index contributed by atoms with van der Waals surface area (Å²) in [5.74, 6) is -0.423. The molecule has 6 heteroatoms. The maximum absolute atomic E-state index is 11.9. The van der Waals surface area contributed by atoms with Crippen LogP contribution in [0.25, 0.3) is 0 Å². The molecular weight excluding hydrogens is 272 g/mol. The molecule has 0 saturated carbocycles. The van der Waals surface area contributed by atoms with Crippen LogP contribution in [-0.2, 0) is 9.53 Å². The molecule has 0 aliphatic carbocycles. The molecule has 122 valence electrons. The van der Waals surface area contributed by atoms with Gasteiger partial charge in [-0.3, -0.25) is 4.79 Å². The molecule has 0 radical (unpaired) electrons.